The molecule has 5 rings (SSSR count). The van der Waals surface area contributed by atoms with Crippen LogP contribution in [0.4, 0.5) is 5.69 Å². The number of nitrogens with zero attached hydrogens (tertiary/aromatic N) is 5. The van der Waals surface area contributed by atoms with E-state index in [9.17, 15) is 14.9 Å². The van der Waals surface area contributed by atoms with Gasteiger partial charge in [-0.1, -0.05) is 60.7 Å². The molecule has 1 aliphatic carbocycles. The van der Waals surface area contributed by atoms with Crippen molar-refractivity contribution >= 4 is 23.4 Å². The van der Waals surface area contributed by atoms with E-state index in [0.29, 0.717) is 6.54 Å². The molecule has 1 aromatic heterocycles. The monoisotopic (exact) mass is 455 g/mol. The van der Waals surface area contributed by atoms with E-state index in [-0.39, 0.29) is 23.3 Å². The number of allylic oxidation sites excluding steroid dienone is 1. The van der Waals surface area contributed by atoms with Gasteiger partial charge in [0.05, 0.1) is 16.7 Å². The van der Waals surface area contributed by atoms with Gasteiger partial charge in [-0.25, -0.2) is 5.01 Å². The fourth-order valence-electron chi connectivity index (χ4n) is 4.87. The summed E-state index contributed by atoms with van der Waals surface area (Å²) in [5, 5.41) is 22.1. The van der Waals surface area contributed by atoms with Crippen LogP contribution in [0.2, 0.25) is 0 Å². The van der Waals surface area contributed by atoms with Crippen LogP contribution in [0, 0.1) is 16.0 Å². The number of amides is 1. The molecule has 0 unspecified atom stereocenters. The molecule has 2 aliphatic rings. The van der Waals surface area contributed by atoms with Gasteiger partial charge in [-0.3, -0.25) is 19.6 Å². The number of hydrazone groups is 1. The zero-order valence-corrected chi connectivity index (χ0v) is 18.9. The van der Waals surface area contributed by atoms with E-state index in [1.165, 1.54) is 15.9 Å². The molecule has 1 fully saturated rings. The molecule has 0 saturated heterocycles. The lowest BCUT2D eigenvalue weighted by molar-refractivity contribution is -0.385. The lowest BCUT2D eigenvalue weighted by Crippen LogP contribution is -2.32. The van der Waals surface area contributed by atoms with Crippen LogP contribution in [0.15, 0.2) is 77.5 Å². The molecule has 2 atom stereocenters. The number of hydrogen-bond acceptors (Lipinski definition) is 5. The van der Waals surface area contributed by atoms with Crippen molar-refractivity contribution in [2.24, 2.45) is 11.0 Å². The Hall–Kier alpha value is -4.07. The molecule has 172 valence electrons. The molecular weight excluding hydrogens is 430 g/mol. The van der Waals surface area contributed by atoms with Gasteiger partial charge in [0.1, 0.15) is 6.20 Å². The van der Waals surface area contributed by atoms with Gasteiger partial charge in [0.25, 0.3) is 0 Å². The van der Waals surface area contributed by atoms with E-state index in [4.69, 9.17) is 5.10 Å². The fourth-order valence-corrected chi connectivity index (χ4v) is 4.87. The first-order valence-electron chi connectivity index (χ1n) is 11.5. The first-order chi connectivity index (χ1) is 16.6. The number of carbonyl (C=O) groups is 1. The van der Waals surface area contributed by atoms with Gasteiger partial charge in [-0.15, -0.1) is 0 Å². The van der Waals surface area contributed by atoms with Crippen molar-refractivity contribution in [3.05, 3.63) is 99.4 Å². The van der Waals surface area contributed by atoms with Crippen LogP contribution in [0.1, 0.15) is 53.8 Å². The number of aryl methyl sites for hydroxylation is 1. The number of benzene rings is 2. The quantitative estimate of drug-likeness (QED) is 0.388. The number of carbonyl (C=O) groups excluding carboxylic acids is 1. The van der Waals surface area contributed by atoms with E-state index in [1.54, 1.807) is 0 Å². The van der Waals surface area contributed by atoms with Gasteiger partial charge in [0.15, 0.2) is 0 Å². The maximum atomic E-state index is 13.7. The molecule has 2 heterocycles. The highest BCUT2D eigenvalue weighted by Crippen LogP contribution is 2.45. The minimum Gasteiger partial charge on any atom is -0.265 e. The van der Waals surface area contributed by atoms with E-state index >= 15 is 0 Å². The van der Waals surface area contributed by atoms with Crippen molar-refractivity contribution in [2.45, 2.75) is 38.8 Å². The SMILES string of the molecule is CCn1cc([N+](=O)[O-])c(C(=O)N2N=C3/C(=C\c4ccccc4)CCC[C@@H]3[C@H]2c2ccccc2)n1. The third-order valence-electron chi connectivity index (χ3n) is 6.46. The van der Waals surface area contributed by atoms with Crippen molar-refractivity contribution in [1.82, 2.24) is 14.8 Å². The summed E-state index contributed by atoms with van der Waals surface area (Å²) in [5.41, 5.74) is 3.55. The second-order valence-corrected chi connectivity index (χ2v) is 8.55. The highest BCUT2D eigenvalue weighted by Gasteiger charge is 2.45. The molecule has 0 bridgehead atoms. The van der Waals surface area contributed by atoms with Crippen LogP contribution in [-0.4, -0.2) is 31.3 Å². The van der Waals surface area contributed by atoms with Gasteiger partial charge < -0.3 is 0 Å². The smallest absolute Gasteiger partial charge is 0.265 e. The zero-order chi connectivity index (χ0) is 23.7. The first-order valence-corrected chi connectivity index (χ1v) is 11.5. The molecule has 0 spiro atoms. The number of rotatable bonds is 5. The van der Waals surface area contributed by atoms with Crippen LogP contribution in [0.5, 0.6) is 0 Å². The number of fused-ring (bicyclic) bond motifs is 1. The second kappa shape index (κ2) is 9.05. The Balaban J connectivity index is 1.61. The minimum atomic E-state index is -0.555. The predicted octanol–water partition coefficient (Wildman–Crippen LogP) is 5.25. The largest absolute Gasteiger partial charge is 0.320 e. The predicted molar refractivity (Wildman–Crippen MR) is 129 cm³/mol. The summed E-state index contributed by atoms with van der Waals surface area (Å²) in [7, 11) is 0. The Kier molecular flexibility index (Phi) is 5.79. The minimum absolute atomic E-state index is 0.0161. The van der Waals surface area contributed by atoms with Crippen LogP contribution in [0.25, 0.3) is 6.08 Å². The van der Waals surface area contributed by atoms with E-state index < -0.39 is 10.8 Å². The highest BCUT2D eigenvalue weighted by molar-refractivity contribution is 6.09. The maximum absolute atomic E-state index is 13.7. The molecule has 8 heteroatoms. The van der Waals surface area contributed by atoms with Gasteiger partial charge in [-0.2, -0.15) is 10.2 Å². The van der Waals surface area contributed by atoms with E-state index in [1.807, 2.05) is 67.6 Å². The van der Waals surface area contributed by atoms with Crippen molar-refractivity contribution in [2.75, 3.05) is 0 Å². The summed E-state index contributed by atoms with van der Waals surface area (Å²) in [6.07, 6.45) is 6.19. The molecular formula is C26H25N5O3. The van der Waals surface area contributed by atoms with Crippen LogP contribution in [-0.2, 0) is 6.54 Å². The van der Waals surface area contributed by atoms with Crippen molar-refractivity contribution in [3.63, 3.8) is 0 Å². The number of nitro groups is 1. The summed E-state index contributed by atoms with van der Waals surface area (Å²) in [4.78, 5) is 24.8. The van der Waals surface area contributed by atoms with Crippen molar-refractivity contribution in [3.8, 4) is 0 Å². The van der Waals surface area contributed by atoms with Crippen LogP contribution >= 0.6 is 0 Å². The average Bonchev–Trinajstić information content (AvgIpc) is 3.48. The Morgan fingerprint density at radius 2 is 1.85 bits per heavy atom. The molecule has 8 nitrogen and oxygen atoms in total. The third-order valence-corrected chi connectivity index (χ3v) is 6.46. The summed E-state index contributed by atoms with van der Waals surface area (Å²) in [6.45, 7) is 2.25. The number of aromatic nitrogens is 2. The van der Waals surface area contributed by atoms with Gasteiger partial charge in [0, 0.05) is 12.5 Å². The second-order valence-electron chi connectivity index (χ2n) is 8.55. The topological polar surface area (TPSA) is 93.6 Å². The van der Waals surface area contributed by atoms with E-state index in [2.05, 4.69) is 11.2 Å². The molecule has 34 heavy (non-hydrogen) atoms. The van der Waals surface area contributed by atoms with Crippen molar-refractivity contribution in [1.29, 1.82) is 0 Å². The molecule has 1 aliphatic heterocycles. The zero-order valence-electron chi connectivity index (χ0n) is 18.9. The lowest BCUT2D eigenvalue weighted by Gasteiger charge is -2.29. The summed E-state index contributed by atoms with van der Waals surface area (Å²) >= 11 is 0. The Bertz CT molecular complexity index is 1280. The number of hydrogen-bond donors (Lipinski definition) is 0. The normalized spacial score (nSPS) is 20.8. The summed E-state index contributed by atoms with van der Waals surface area (Å²) in [6, 6.07) is 19.5. The maximum Gasteiger partial charge on any atom is 0.320 e. The van der Waals surface area contributed by atoms with Gasteiger partial charge in [0.2, 0.25) is 5.69 Å². The third kappa shape index (κ3) is 3.91. The van der Waals surface area contributed by atoms with Crippen LogP contribution < -0.4 is 0 Å². The van der Waals surface area contributed by atoms with Crippen molar-refractivity contribution < 1.29 is 9.72 Å². The highest BCUT2D eigenvalue weighted by atomic mass is 16.6. The Labute approximate surface area is 197 Å². The summed E-state index contributed by atoms with van der Waals surface area (Å²) in [5.74, 6) is -0.531. The Morgan fingerprint density at radius 1 is 1.15 bits per heavy atom. The molecule has 3 aromatic rings. The fraction of sp³-hybridized carbons (Fsp3) is 0.269. The van der Waals surface area contributed by atoms with Gasteiger partial charge >= 0.3 is 11.6 Å². The molecule has 0 radical (unpaired) electrons. The Morgan fingerprint density at radius 3 is 2.53 bits per heavy atom. The molecule has 0 N–H and O–H groups in total. The van der Waals surface area contributed by atoms with E-state index in [0.717, 1.165) is 41.7 Å². The molecule has 1 saturated carbocycles. The molecule has 1 amide bonds. The standard InChI is InChI=1S/C26H25N5O3/c1-2-29-17-22(31(33)34)24(27-29)26(32)30-25(19-12-7-4-8-13-19)21-15-9-14-20(23(21)28-30)16-18-10-5-3-6-11-18/h3-8,10-13,16-17,21,25H,2,9,14-15H2,1H3/b20-16-/t21-,25+/m0/s1. The van der Waals surface area contributed by atoms with Gasteiger partial charge in [-0.05, 0) is 49.0 Å². The lowest BCUT2D eigenvalue weighted by atomic mass is 9.77. The first kappa shape index (κ1) is 21.8. The van der Waals surface area contributed by atoms with Crippen LogP contribution in [0.3, 0.4) is 0 Å². The average molecular weight is 456 g/mol. The molecule has 2 aromatic carbocycles. The summed E-state index contributed by atoms with van der Waals surface area (Å²) < 4.78 is 1.42.